The predicted molar refractivity (Wildman–Crippen MR) is 66.3 cm³/mol. The Morgan fingerprint density at radius 2 is 1.19 bits per heavy atom. The Hall–Kier alpha value is -0.130. The summed E-state index contributed by atoms with van der Waals surface area (Å²) in [6.07, 6.45) is 0. The summed E-state index contributed by atoms with van der Waals surface area (Å²) < 4.78 is 28.0. The Morgan fingerprint density at radius 1 is 0.875 bits per heavy atom. The highest BCUT2D eigenvalue weighted by atomic mass is 32.2. The Bertz CT molecular complexity index is 330. The smallest absolute Gasteiger partial charge is 0.202 e. The third-order valence-electron chi connectivity index (χ3n) is 4.00. The van der Waals surface area contributed by atoms with Crippen molar-refractivity contribution in [3.63, 3.8) is 0 Å². The normalized spacial score (nSPS) is 25.4. The lowest BCUT2D eigenvalue weighted by Gasteiger charge is -2.55. The Labute approximate surface area is 99.4 Å². The molecule has 2 N–H and O–H groups in total. The highest BCUT2D eigenvalue weighted by Gasteiger charge is 2.52. The van der Waals surface area contributed by atoms with Crippen LogP contribution in [0.2, 0.25) is 0 Å². The van der Waals surface area contributed by atoms with E-state index >= 15 is 0 Å². The topological polar surface area (TPSA) is 58.2 Å². The molecule has 0 aliphatic carbocycles. The molecule has 4 nitrogen and oxygen atoms in total. The van der Waals surface area contributed by atoms with Crippen LogP contribution in [0.4, 0.5) is 0 Å². The molecule has 0 radical (unpaired) electrons. The van der Waals surface area contributed by atoms with Crippen molar-refractivity contribution in [1.29, 1.82) is 0 Å². The predicted octanol–water partition coefficient (Wildman–Crippen LogP) is 1.50. The Kier molecular flexibility index (Phi) is 3.21. The van der Waals surface area contributed by atoms with E-state index in [1.807, 2.05) is 0 Å². The number of nitrogens with one attached hydrogen (secondary N) is 2. The molecule has 0 aromatic rings. The monoisotopic (exact) mass is 248 g/mol. The lowest BCUT2D eigenvalue weighted by atomic mass is 9.54. The maximum Gasteiger partial charge on any atom is 0.276 e. The second-order valence-electron chi connectivity index (χ2n) is 6.73. The second kappa shape index (κ2) is 3.68. The first-order chi connectivity index (χ1) is 6.91. The van der Waals surface area contributed by atoms with Gasteiger partial charge in [0.25, 0.3) is 10.2 Å². The van der Waals surface area contributed by atoms with Gasteiger partial charge in [-0.25, -0.2) is 9.44 Å². The van der Waals surface area contributed by atoms with Crippen LogP contribution < -0.4 is 9.44 Å². The van der Waals surface area contributed by atoms with E-state index in [1.165, 1.54) is 0 Å². The van der Waals surface area contributed by atoms with Gasteiger partial charge in [-0.3, -0.25) is 0 Å². The molecule has 0 atom stereocenters. The molecular weight excluding hydrogens is 224 g/mol. The number of hydrogen-bond donors (Lipinski definition) is 2. The lowest BCUT2D eigenvalue weighted by Crippen LogP contribution is -2.64. The quantitative estimate of drug-likeness (QED) is 0.682. The summed E-state index contributed by atoms with van der Waals surface area (Å²) in [6.45, 7) is 14.0. The van der Waals surface area contributed by atoms with Crippen LogP contribution in [-0.4, -0.2) is 21.5 Å². The lowest BCUT2D eigenvalue weighted by molar-refractivity contribution is -0.0252. The van der Waals surface area contributed by atoms with Crippen molar-refractivity contribution in [3.8, 4) is 0 Å². The van der Waals surface area contributed by atoms with Gasteiger partial charge in [0.05, 0.1) is 0 Å². The molecule has 1 fully saturated rings. The summed E-state index contributed by atoms with van der Waals surface area (Å²) in [5, 5.41) is 0. The third-order valence-corrected chi connectivity index (χ3v) is 5.05. The van der Waals surface area contributed by atoms with Crippen LogP contribution in [0, 0.1) is 16.2 Å². The molecule has 0 bridgehead atoms. The van der Waals surface area contributed by atoms with Gasteiger partial charge in [0.15, 0.2) is 0 Å². The molecule has 1 heterocycles. The molecule has 5 heteroatoms. The van der Waals surface area contributed by atoms with Gasteiger partial charge in [-0.15, -0.1) is 0 Å². The molecule has 0 spiro atoms. The van der Waals surface area contributed by atoms with Crippen molar-refractivity contribution in [3.05, 3.63) is 0 Å². The van der Waals surface area contributed by atoms with E-state index in [-0.39, 0.29) is 16.2 Å². The van der Waals surface area contributed by atoms with Crippen LogP contribution in [0.25, 0.3) is 0 Å². The molecule has 0 aromatic heterocycles. The van der Waals surface area contributed by atoms with E-state index in [4.69, 9.17) is 0 Å². The minimum atomic E-state index is -3.27. The maximum atomic E-state index is 11.4. The van der Waals surface area contributed by atoms with Gasteiger partial charge in [0.2, 0.25) is 0 Å². The van der Waals surface area contributed by atoms with Crippen molar-refractivity contribution in [2.45, 2.75) is 41.5 Å². The summed E-state index contributed by atoms with van der Waals surface area (Å²) in [4.78, 5) is 0. The first-order valence-electron chi connectivity index (χ1n) is 5.66. The molecule has 0 unspecified atom stereocenters. The Morgan fingerprint density at radius 3 is 1.44 bits per heavy atom. The van der Waals surface area contributed by atoms with Gasteiger partial charge in [0, 0.05) is 18.5 Å². The second-order valence-corrected chi connectivity index (χ2v) is 8.31. The minimum Gasteiger partial charge on any atom is -0.202 e. The van der Waals surface area contributed by atoms with Crippen LogP contribution in [0.5, 0.6) is 0 Å². The van der Waals surface area contributed by atoms with Gasteiger partial charge >= 0.3 is 0 Å². The Balaban J connectivity index is 3.12. The van der Waals surface area contributed by atoms with E-state index in [1.54, 1.807) is 0 Å². The number of hydrogen-bond acceptors (Lipinski definition) is 2. The molecule has 0 aromatic carbocycles. The van der Waals surface area contributed by atoms with Crippen molar-refractivity contribution in [1.82, 2.24) is 9.44 Å². The van der Waals surface area contributed by atoms with E-state index in [0.717, 1.165) is 0 Å². The zero-order chi connectivity index (χ0) is 12.8. The average molecular weight is 248 g/mol. The highest BCUT2D eigenvalue weighted by Crippen LogP contribution is 2.51. The first kappa shape index (κ1) is 13.9. The zero-order valence-electron chi connectivity index (χ0n) is 11.1. The van der Waals surface area contributed by atoms with Crippen LogP contribution in [-0.2, 0) is 10.2 Å². The largest absolute Gasteiger partial charge is 0.276 e. The van der Waals surface area contributed by atoms with Gasteiger partial charge in [-0.05, 0) is 10.8 Å². The molecular formula is C11H24N2O2S. The molecule has 1 aliphatic heterocycles. The fraction of sp³-hybridized carbons (Fsp3) is 1.00. The fourth-order valence-corrected chi connectivity index (χ4v) is 3.71. The summed E-state index contributed by atoms with van der Waals surface area (Å²) in [7, 11) is -3.27. The molecule has 0 saturated carbocycles. The van der Waals surface area contributed by atoms with Gasteiger partial charge < -0.3 is 0 Å². The number of rotatable bonds is 0. The van der Waals surface area contributed by atoms with Crippen molar-refractivity contribution in [2.75, 3.05) is 13.1 Å². The fourth-order valence-electron chi connectivity index (χ4n) is 2.74. The molecule has 1 rings (SSSR count). The zero-order valence-corrected chi connectivity index (χ0v) is 12.0. The summed E-state index contributed by atoms with van der Waals surface area (Å²) in [5.74, 6) is 0. The maximum absolute atomic E-state index is 11.4. The van der Waals surface area contributed by atoms with Crippen LogP contribution in [0.3, 0.4) is 0 Å². The highest BCUT2D eigenvalue weighted by molar-refractivity contribution is 7.87. The van der Waals surface area contributed by atoms with E-state index in [2.05, 4.69) is 51.0 Å². The SMILES string of the molecule is CC(C)(C)C1(C(C)(C)C)CNS(=O)(=O)NC1. The van der Waals surface area contributed by atoms with Crippen molar-refractivity contribution in [2.24, 2.45) is 16.2 Å². The summed E-state index contributed by atoms with van der Waals surface area (Å²) >= 11 is 0. The third kappa shape index (κ3) is 2.26. The van der Waals surface area contributed by atoms with Crippen LogP contribution in [0.15, 0.2) is 0 Å². The summed E-state index contributed by atoms with van der Waals surface area (Å²) in [6, 6.07) is 0. The van der Waals surface area contributed by atoms with Crippen molar-refractivity contribution >= 4 is 10.2 Å². The molecule has 0 amide bonds. The first-order valence-corrected chi connectivity index (χ1v) is 7.14. The van der Waals surface area contributed by atoms with Gasteiger partial charge in [-0.2, -0.15) is 8.42 Å². The summed E-state index contributed by atoms with van der Waals surface area (Å²) in [5.41, 5.74) is -0.0340. The molecule has 1 aliphatic rings. The average Bonchev–Trinajstić information content (AvgIpc) is 1.98. The van der Waals surface area contributed by atoms with E-state index in [0.29, 0.717) is 13.1 Å². The minimum absolute atomic E-state index is 0.0290. The van der Waals surface area contributed by atoms with E-state index in [9.17, 15) is 8.42 Å². The molecule has 96 valence electrons. The van der Waals surface area contributed by atoms with Gasteiger partial charge in [-0.1, -0.05) is 41.5 Å². The van der Waals surface area contributed by atoms with Crippen molar-refractivity contribution < 1.29 is 8.42 Å². The van der Waals surface area contributed by atoms with E-state index < -0.39 is 10.2 Å². The molecule has 16 heavy (non-hydrogen) atoms. The van der Waals surface area contributed by atoms with Crippen LogP contribution >= 0.6 is 0 Å². The molecule has 1 saturated heterocycles. The standard InChI is InChI=1S/C11H24N2O2S/c1-9(2,3)11(10(4,5)6)7-12-16(14,15)13-8-11/h12-13H,7-8H2,1-6H3. The van der Waals surface area contributed by atoms with Crippen LogP contribution in [0.1, 0.15) is 41.5 Å². The van der Waals surface area contributed by atoms with Gasteiger partial charge in [0.1, 0.15) is 0 Å².